The maximum atomic E-state index is 13.6. The van der Waals surface area contributed by atoms with Gasteiger partial charge in [-0.3, -0.25) is 0 Å². The van der Waals surface area contributed by atoms with Gasteiger partial charge in [-0.25, -0.2) is 12.4 Å². The summed E-state index contributed by atoms with van der Waals surface area (Å²) in [6.07, 6.45) is -4.25. The minimum Gasteiger partial charge on any atom is -0.238 e. The van der Waals surface area contributed by atoms with Gasteiger partial charge in [-0.2, -0.15) is 13.2 Å². The zero-order valence-electron chi connectivity index (χ0n) is 17.6. The smallest absolute Gasteiger partial charge is 0.238 e. The lowest BCUT2D eigenvalue weighted by molar-refractivity contribution is -0.137. The SMILES string of the molecule is CC(C)c1ccc(S(=O)(=O)n2c(Cc3ccccc3)cc3cc(C(F)(F)F)ccc32)cc1. The Morgan fingerprint density at radius 3 is 2.12 bits per heavy atom. The Morgan fingerprint density at radius 2 is 1.53 bits per heavy atom. The molecule has 3 aromatic carbocycles. The normalized spacial score (nSPS) is 12.6. The van der Waals surface area contributed by atoms with Crippen LogP contribution < -0.4 is 0 Å². The summed E-state index contributed by atoms with van der Waals surface area (Å²) < 4.78 is 68.2. The zero-order chi connectivity index (χ0) is 23.1. The van der Waals surface area contributed by atoms with E-state index in [0.717, 1.165) is 23.3 Å². The molecule has 0 atom stereocenters. The minimum atomic E-state index is -4.51. The molecular weight excluding hydrogens is 435 g/mol. The van der Waals surface area contributed by atoms with E-state index in [0.29, 0.717) is 5.69 Å². The largest absolute Gasteiger partial charge is 0.416 e. The van der Waals surface area contributed by atoms with E-state index in [1.54, 1.807) is 24.3 Å². The lowest BCUT2D eigenvalue weighted by atomic mass is 10.0. The van der Waals surface area contributed by atoms with Crippen LogP contribution in [0.25, 0.3) is 10.9 Å². The second kappa shape index (κ2) is 8.13. The van der Waals surface area contributed by atoms with Gasteiger partial charge in [0.05, 0.1) is 16.0 Å². The molecule has 0 saturated heterocycles. The van der Waals surface area contributed by atoms with Gasteiger partial charge in [-0.1, -0.05) is 56.3 Å². The molecule has 32 heavy (non-hydrogen) atoms. The van der Waals surface area contributed by atoms with E-state index in [9.17, 15) is 21.6 Å². The highest BCUT2D eigenvalue weighted by molar-refractivity contribution is 7.90. The Bertz CT molecular complexity index is 1350. The van der Waals surface area contributed by atoms with Crippen LogP contribution in [0.5, 0.6) is 0 Å². The number of aromatic nitrogens is 1. The lowest BCUT2D eigenvalue weighted by Gasteiger charge is -2.14. The summed E-state index contributed by atoms with van der Waals surface area (Å²) in [5.74, 6) is 0.244. The summed E-state index contributed by atoms with van der Waals surface area (Å²) in [5, 5.41) is 0.230. The van der Waals surface area contributed by atoms with Crippen molar-refractivity contribution in [3.05, 3.63) is 101 Å². The Morgan fingerprint density at radius 1 is 0.875 bits per heavy atom. The standard InChI is InChI=1S/C25H22F3NO2S/c1-17(2)19-8-11-23(12-9-19)32(30,31)29-22(14-18-6-4-3-5-7-18)16-20-15-21(25(26,27)28)10-13-24(20)29/h3-13,15-17H,14H2,1-2H3. The summed E-state index contributed by atoms with van der Waals surface area (Å²) in [4.78, 5) is 0.0913. The first-order valence-corrected chi connectivity index (χ1v) is 11.6. The zero-order valence-corrected chi connectivity index (χ0v) is 18.4. The fourth-order valence-electron chi connectivity index (χ4n) is 3.77. The van der Waals surface area contributed by atoms with Crippen LogP contribution in [0.2, 0.25) is 0 Å². The molecule has 7 heteroatoms. The van der Waals surface area contributed by atoms with Crippen molar-refractivity contribution in [2.75, 3.05) is 0 Å². The van der Waals surface area contributed by atoms with Gasteiger partial charge < -0.3 is 0 Å². The molecular formula is C25H22F3NO2S. The highest BCUT2D eigenvalue weighted by Gasteiger charge is 2.32. The number of halogens is 3. The third-order valence-corrected chi connectivity index (χ3v) is 7.25. The molecule has 0 spiro atoms. The molecule has 0 fully saturated rings. The van der Waals surface area contributed by atoms with Crippen molar-refractivity contribution < 1.29 is 21.6 Å². The van der Waals surface area contributed by atoms with Crippen molar-refractivity contribution in [1.82, 2.24) is 3.97 Å². The molecule has 4 rings (SSSR count). The average Bonchev–Trinajstić information content (AvgIpc) is 3.11. The Labute approximate surface area is 185 Å². The Kier molecular flexibility index (Phi) is 5.63. The molecule has 1 aromatic heterocycles. The van der Waals surface area contributed by atoms with Gasteiger partial charge in [0.2, 0.25) is 0 Å². The molecule has 0 aliphatic rings. The molecule has 0 aliphatic carbocycles. The van der Waals surface area contributed by atoms with Gasteiger partial charge in [-0.05, 0) is 53.4 Å². The molecule has 0 radical (unpaired) electrons. The van der Waals surface area contributed by atoms with Crippen LogP contribution >= 0.6 is 0 Å². The third-order valence-electron chi connectivity index (χ3n) is 5.47. The van der Waals surface area contributed by atoms with Gasteiger partial charge in [0.25, 0.3) is 10.0 Å². The first kappa shape index (κ1) is 22.1. The quantitative estimate of drug-likeness (QED) is 0.338. The summed E-state index contributed by atoms with van der Waals surface area (Å²) in [6, 6.07) is 20.5. The second-order valence-electron chi connectivity index (χ2n) is 8.06. The summed E-state index contributed by atoms with van der Waals surface area (Å²) in [7, 11) is -4.03. The minimum absolute atomic E-state index is 0.0913. The molecule has 0 bridgehead atoms. The van der Waals surface area contributed by atoms with Crippen LogP contribution in [-0.4, -0.2) is 12.4 Å². The van der Waals surface area contributed by atoms with E-state index in [2.05, 4.69) is 0 Å². The second-order valence-corrected chi connectivity index (χ2v) is 9.85. The topological polar surface area (TPSA) is 39.1 Å². The Balaban J connectivity index is 1.91. The van der Waals surface area contributed by atoms with Crippen molar-refractivity contribution in [3.63, 3.8) is 0 Å². The fourth-order valence-corrected chi connectivity index (χ4v) is 5.31. The summed E-state index contributed by atoms with van der Waals surface area (Å²) in [5.41, 5.74) is 1.67. The predicted molar refractivity (Wildman–Crippen MR) is 119 cm³/mol. The van der Waals surface area contributed by atoms with Crippen molar-refractivity contribution >= 4 is 20.9 Å². The van der Waals surface area contributed by atoms with E-state index in [1.807, 2.05) is 44.2 Å². The molecule has 3 nitrogen and oxygen atoms in total. The number of fused-ring (bicyclic) bond motifs is 1. The first-order chi connectivity index (χ1) is 15.1. The van der Waals surface area contributed by atoms with Crippen LogP contribution in [0.1, 0.15) is 42.1 Å². The van der Waals surface area contributed by atoms with Crippen molar-refractivity contribution in [3.8, 4) is 0 Å². The van der Waals surface area contributed by atoms with Gasteiger partial charge in [0.1, 0.15) is 0 Å². The molecule has 166 valence electrons. The average molecular weight is 458 g/mol. The molecule has 0 N–H and O–H groups in total. The van der Waals surface area contributed by atoms with E-state index in [-0.39, 0.29) is 28.1 Å². The van der Waals surface area contributed by atoms with Gasteiger partial charge in [0, 0.05) is 17.5 Å². The number of hydrogen-bond acceptors (Lipinski definition) is 2. The van der Waals surface area contributed by atoms with E-state index < -0.39 is 21.8 Å². The third kappa shape index (κ3) is 4.17. The maximum absolute atomic E-state index is 13.6. The monoisotopic (exact) mass is 457 g/mol. The van der Waals surface area contributed by atoms with E-state index in [4.69, 9.17) is 0 Å². The van der Waals surface area contributed by atoms with Crippen LogP contribution in [0.3, 0.4) is 0 Å². The van der Waals surface area contributed by atoms with E-state index >= 15 is 0 Å². The molecule has 0 aliphatic heterocycles. The maximum Gasteiger partial charge on any atom is 0.416 e. The molecule has 1 heterocycles. The van der Waals surface area contributed by atoms with Crippen LogP contribution in [0, 0.1) is 0 Å². The van der Waals surface area contributed by atoms with E-state index in [1.165, 1.54) is 16.1 Å². The predicted octanol–water partition coefficient (Wildman–Crippen LogP) is 6.61. The highest BCUT2D eigenvalue weighted by Crippen LogP contribution is 2.34. The lowest BCUT2D eigenvalue weighted by Crippen LogP contribution is -2.16. The van der Waals surface area contributed by atoms with Gasteiger partial charge >= 0.3 is 6.18 Å². The van der Waals surface area contributed by atoms with Crippen molar-refractivity contribution in [2.24, 2.45) is 0 Å². The molecule has 0 amide bonds. The number of nitrogens with zero attached hydrogens (tertiary/aromatic N) is 1. The summed E-state index contributed by atoms with van der Waals surface area (Å²) in [6.45, 7) is 4.03. The van der Waals surface area contributed by atoms with Gasteiger partial charge in [-0.15, -0.1) is 0 Å². The molecule has 4 aromatic rings. The summed E-state index contributed by atoms with van der Waals surface area (Å²) >= 11 is 0. The Hall–Kier alpha value is -3.06. The number of benzene rings is 3. The number of rotatable bonds is 5. The number of alkyl halides is 3. The fraction of sp³-hybridized carbons (Fsp3) is 0.200. The van der Waals surface area contributed by atoms with Gasteiger partial charge in [0.15, 0.2) is 0 Å². The van der Waals surface area contributed by atoms with Crippen LogP contribution in [0.15, 0.2) is 83.8 Å². The van der Waals surface area contributed by atoms with Crippen molar-refractivity contribution in [1.29, 1.82) is 0 Å². The highest BCUT2D eigenvalue weighted by atomic mass is 32.2. The van der Waals surface area contributed by atoms with Crippen molar-refractivity contribution in [2.45, 2.75) is 37.3 Å². The first-order valence-electron chi connectivity index (χ1n) is 10.2. The molecule has 0 saturated carbocycles. The van der Waals surface area contributed by atoms with Crippen LogP contribution in [0.4, 0.5) is 13.2 Å². The number of hydrogen-bond donors (Lipinski definition) is 0. The molecule has 0 unspecified atom stereocenters. The van der Waals surface area contributed by atoms with Crippen LogP contribution in [-0.2, 0) is 22.6 Å².